The van der Waals surface area contributed by atoms with Crippen LogP contribution in [0.5, 0.6) is 5.75 Å². The van der Waals surface area contributed by atoms with E-state index in [0.29, 0.717) is 5.56 Å². The highest BCUT2D eigenvalue weighted by atomic mass is 32.2. The molecular formula is C19H21F4NO3S. The van der Waals surface area contributed by atoms with Gasteiger partial charge in [-0.15, -0.1) is 13.2 Å². The van der Waals surface area contributed by atoms with E-state index in [1.54, 1.807) is 20.8 Å². The van der Waals surface area contributed by atoms with Gasteiger partial charge in [-0.2, -0.15) is 0 Å². The van der Waals surface area contributed by atoms with Gasteiger partial charge >= 0.3 is 6.36 Å². The largest absolute Gasteiger partial charge is 0.573 e. The van der Waals surface area contributed by atoms with E-state index in [1.807, 2.05) is 0 Å². The van der Waals surface area contributed by atoms with Crippen molar-refractivity contribution >= 4 is 15.7 Å². The van der Waals surface area contributed by atoms with E-state index in [1.165, 1.54) is 32.0 Å². The molecule has 0 aliphatic carbocycles. The van der Waals surface area contributed by atoms with Crippen LogP contribution in [0.1, 0.15) is 37.5 Å². The third-order valence-electron chi connectivity index (χ3n) is 4.27. The van der Waals surface area contributed by atoms with Crippen molar-refractivity contribution in [1.29, 1.82) is 0 Å². The summed E-state index contributed by atoms with van der Waals surface area (Å²) in [5, 5.41) is 0. The second-order valence-corrected chi connectivity index (χ2v) is 9.09. The Morgan fingerprint density at radius 1 is 0.964 bits per heavy atom. The lowest BCUT2D eigenvalue weighted by Crippen LogP contribution is -2.19. The first-order chi connectivity index (χ1) is 12.6. The molecule has 1 N–H and O–H groups in total. The molecule has 4 nitrogen and oxygen atoms in total. The third kappa shape index (κ3) is 4.95. The Labute approximate surface area is 161 Å². The third-order valence-corrected chi connectivity index (χ3v) is 5.63. The average molecular weight is 419 g/mol. The van der Waals surface area contributed by atoms with Crippen molar-refractivity contribution in [3.63, 3.8) is 0 Å². The lowest BCUT2D eigenvalue weighted by atomic mass is 9.87. The van der Waals surface area contributed by atoms with Crippen molar-refractivity contribution in [3.05, 3.63) is 52.8 Å². The van der Waals surface area contributed by atoms with Gasteiger partial charge in [0.2, 0.25) is 0 Å². The first-order valence-corrected chi connectivity index (χ1v) is 9.79. The molecule has 0 unspecified atom stereocenters. The van der Waals surface area contributed by atoms with Crippen LogP contribution in [0, 0.1) is 19.7 Å². The van der Waals surface area contributed by atoms with Crippen LogP contribution < -0.4 is 9.46 Å². The number of hydrogen-bond donors (Lipinski definition) is 1. The molecule has 0 bridgehead atoms. The van der Waals surface area contributed by atoms with E-state index >= 15 is 0 Å². The Bertz CT molecular complexity index is 993. The molecule has 0 atom stereocenters. The molecule has 2 aromatic rings. The van der Waals surface area contributed by atoms with Gasteiger partial charge in [0.05, 0.1) is 10.6 Å². The highest BCUT2D eigenvalue weighted by Crippen LogP contribution is 2.33. The highest BCUT2D eigenvalue weighted by Gasteiger charge is 2.32. The second kappa shape index (κ2) is 7.27. The van der Waals surface area contributed by atoms with Gasteiger partial charge < -0.3 is 4.74 Å². The van der Waals surface area contributed by atoms with E-state index < -0.39 is 33.4 Å². The number of halogens is 4. The number of nitrogens with one attached hydrogen (secondary N) is 1. The smallest absolute Gasteiger partial charge is 0.406 e. The summed E-state index contributed by atoms with van der Waals surface area (Å²) < 4.78 is 83.1. The van der Waals surface area contributed by atoms with Crippen LogP contribution >= 0.6 is 0 Å². The average Bonchev–Trinajstić information content (AvgIpc) is 2.52. The summed E-state index contributed by atoms with van der Waals surface area (Å²) in [5.74, 6) is -1.08. The standard InChI is InChI=1S/C19H21F4NO3S/c1-11-12(2)17(27-19(21,22)23)9-8-16(11)24-28(25,26)13-6-7-14(15(20)10-13)18(3,4)5/h6-10,24H,1-5H3. The summed E-state index contributed by atoms with van der Waals surface area (Å²) in [6, 6.07) is 5.81. The first-order valence-electron chi connectivity index (χ1n) is 8.30. The fourth-order valence-corrected chi connectivity index (χ4v) is 3.75. The Morgan fingerprint density at radius 2 is 1.57 bits per heavy atom. The normalized spacial score (nSPS) is 12.8. The van der Waals surface area contributed by atoms with E-state index in [9.17, 15) is 26.0 Å². The molecule has 0 aromatic heterocycles. The maximum Gasteiger partial charge on any atom is 0.573 e. The van der Waals surface area contributed by atoms with Gasteiger partial charge in [0.1, 0.15) is 11.6 Å². The summed E-state index contributed by atoms with van der Waals surface area (Å²) >= 11 is 0. The fraction of sp³-hybridized carbons (Fsp3) is 0.368. The van der Waals surface area contributed by atoms with Crippen LogP contribution in [0.3, 0.4) is 0 Å². The first kappa shape index (κ1) is 22.0. The van der Waals surface area contributed by atoms with E-state index in [0.717, 1.165) is 12.1 Å². The van der Waals surface area contributed by atoms with Crippen molar-refractivity contribution < 1.29 is 30.7 Å². The Morgan fingerprint density at radius 3 is 2.07 bits per heavy atom. The van der Waals surface area contributed by atoms with Crippen LogP contribution in [0.2, 0.25) is 0 Å². The molecule has 154 valence electrons. The maximum atomic E-state index is 14.4. The van der Waals surface area contributed by atoms with Crippen molar-refractivity contribution in [3.8, 4) is 5.75 Å². The minimum atomic E-state index is -4.86. The molecule has 2 aromatic carbocycles. The molecule has 0 aliphatic rings. The Balaban J connectivity index is 2.37. The Hall–Kier alpha value is -2.29. The summed E-state index contributed by atoms with van der Waals surface area (Å²) in [4.78, 5) is -0.286. The van der Waals surface area contributed by atoms with Gasteiger partial charge in [-0.3, -0.25) is 4.72 Å². The van der Waals surface area contributed by atoms with E-state index in [2.05, 4.69) is 9.46 Å². The minimum absolute atomic E-state index is 0.0762. The molecular weight excluding hydrogens is 398 g/mol. The van der Waals surface area contributed by atoms with Crippen LogP contribution in [0.4, 0.5) is 23.2 Å². The molecule has 0 aliphatic heterocycles. The summed E-state index contributed by atoms with van der Waals surface area (Å²) in [7, 11) is -4.14. The zero-order valence-electron chi connectivity index (χ0n) is 16.0. The molecule has 0 saturated carbocycles. The number of ether oxygens (including phenoxy) is 1. The molecule has 28 heavy (non-hydrogen) atoms. The predicted octanol–water partition coefficient (Wildman–Crippen LogP) is 5.44. The molecule has 0 spiro atoms. The van der Waals surface area contributed by atoms with Crippen LogP contribution in [0.25, 0.3) is 0 Å². The van der Waals surface area contributed by atoms with Crippen molar-refractivity contribution in [2.24, 2.45) is 0 Å². The van der Waals surface area contributed by atoms with Gasteiger partial charge in [0.25, 0.3) is 10.0 Å². The second-order valence-electron chi connectivity index (χ2n) is 7.41. The van der Waals surface area contributed by atoms with E-state index in [4.69, 9.17) is 0 Å². The topological polar surface area (TPSA) is 55.4 Å². The molecule has 0 radical (unpaired) electrons. The van der Waals surface area contributed by atoms with Crippen LogP contribution in [-0.4, -0.2) is 14.8 Å². The van der Waals surface area contributed by atoms with Gasteiger partial charge in [-0.05, 0) is 60.2 Å². The van der Waals surface area contributed by atoms with E-state index in [-0.39, 0.29) is 21.7 Å². The molecule has 9 heteroatoms. The molecule has 0 heterocycles. The number of alkyl halides is 3. The van der Waals surface area contributed by atoms with Gasteiger partial charge in [0, 0.05) is 0 Å². The number of sulfonamides is 1. The van der Waals surface area contributed by atoms with Gasteiger partial charge in [-0.25, -0.2) is 12.8 Å². The number of benzene rings is 2. The fourth-order valence-electron chi connectivity index (χ4n) is 2.62. The molecule has 2 rings (SSSR count). The number of rotatable bonds is 4. The molecule has 0 fully saturated rings. The monoisotopic (exact) mass is 419 g/mol. The number of anilines is 1. The predicted molar refractivity (Wildman–Crippen MR) is 98.5 cm³/mol. The maximum absolute atomic E-state index is 14.4. The SMILES string of the molecule is Cc1c(NS(=O)(=O)c2ccc(C(C)(C)C)c(F)c2)ccc(OC(F)(F)F)c1C. The molecule has 0 saturated heterocycles. The lowest BCUT2D eigenvalue weighted by Gasteiger charge is -2.20. The van der Waals surface area contributed by atoms with Crippen molar-refractivity contribution in [2.45, 2.75) is 51.3 Å². The van der Waals surface area contributed by atoms with Crippen molar-refractivity contribution in [2.75, 3.05) is 4.72 Å². The quantitative estimate of drug-likeness (QED) is 0.672. The zero-order valence-corrected chi connectivity index (χ0v) is 16.8. The lowest BCUT2D eigenvalue weighted by molar-refractivity contribution is -0.274. The minimum Gasteiger partial charge on any atom is -0.406 e. The summed E-state index contributed by atoms with van der Waals surface area (Å²) in [6.07, 6.45) is -4.86. The van der Waals surface area contributed by atoms with Gasteiger partial charge in [-0.1, -0.05) is 26.8 Å². The summed E-state index contributed by atoms with van der Waals surface area (Å²) in [6.45, 7) is 8.24. The van der Waals surface area contributed by atoms with Crippen molar-refractivity contribution in [1.82, 2.24) is 0 Å². The zero-order chi connectivity index (χ0) is 21.5. The molecule has 0 amide bonds. The van der Waals surface area contributed by atoms with Crippen LogP contribution in [-0.2, 0) is 15.4 Å². The highest BCUT2D eigenvalue weighted by molar-refractivity contribution is 7.92. The summed E-state index contributed by atoms with van der Waals surface area (Å²) in [5.41, 5.74) is 0.338. The van der Waals surface area contributed by atoms with Crippen LogP contribution in [0.15, 0.2) is 35.2 Å². The number of hydrogen-bond acceptors (Lipinski definition) is 3. The Kier molecular flexibility index (Phi) is 5.71. The van der Waals surface area contributed by atoms with Gasteiger partial charge in [0.15, 0.2) is 0 Å².